The summed E-state index contributed by atoms with van der Waals surface area (Å²) in [7, 11) is 0. The van der Waals surface area contributed by atoms with Gasteiger partial charge in [0.05, 0.1) is 10.5 Å². The molecule has 1 atom stereocenters. The van der Waals surface area contributed by atoms with Gasteiger partial charge < -0.3 is 15.8 Å². The number of ether oxygens (including phenoxy) is 1. The van der Waals surface area contributed by atoms with Crippen LogP contribution in [0, 0.1) is 0 Å². The van der Waals surface area contributed by atoms with Crippen molar-refractivity contribution >= 4 is 23.1 Å². The zero-order valence-corrected chi connectivity index (χ0v) is 12.3. The lowest BCUT2D eigenvalue weighted by atomic mass is 9.83. The van der Waals surface area contributed by atoms with E-state index in [4.69, 9.17) is 22.7 Å². The number of thiocarbonyl (C=S) groups is 1. The van der Waals surface area contributed by atoms with Gasteiger partial charge in [-0.3, -0.25) is 4.79 Å². The van der Waals surface area contributed by atoms with Crippen molar-refractivity contribution in [3.05, 3.63) is 0 Å². The minimum atomic E-state index is -0.487. The summed E-state index contributed by atoms with van der Waals surface area (Å²) in [6.07, 6.45) is 8.98. The molecule has 0 aromatic heterocycles. The largest absolute Gasteiger partial charge is 0.391 e. The Morgan fingerprint density at radius 3 is 2.32 bits per heavy atom. The van der Waals surface area contributed by atoms with E-state index in [9.17, 15) is 4.79 Å². The van der Waals surface area contributed by atoms with Crippen molar-refractivity contribution in [3.8, 4) is 0 Å². The standard InChI is InChI=1S/C14H24N2O2S/c15-13(19)14(8-4-2-1-3-5-9-14)16-12(17)11-7-6-10-18-11/h11H,1-10H2,(H2,15,19)(H,16,17). The van der Waals surface area contributed by atoms with Gasteiger partial charge in [0.1, 0.15) is 6.10 Å². The van der Waals surface area contributed by atoms with Gasteiger partial charge in [-0.15, -0.1) is 0 Å². The van der Waals surface area contributed by atoms with Crippen molar-refractivity contribution in [2.75, 3.05) is 6.61 Å². The van der Waals surface area contributed by atoms with E-state index >= 15 is 0 Å². The summed E-state index contributed by atoms with van der Waals surface area (Å²) in [5.74, 6) is -0.0362. The number of nitrogens with one attached hydrogen (secondary N) is 1. The second-order valence-electron chi connectivity index (χ2n) is 5.71. The van der Waals surface area contributed by atoms with Crippen LogP contribution in [0.25, 0.3) is 0 Å². The van der Waals surface area contributed by atoms with Crippen molar-refractivity contribution in [3.63, 3.8) is 0 Å². The van der Waals surface area contributed by atoms with E-state index in [2.05, 4.69) is 5.32 Å². The first-order valence-corrected chi connectivity index (χ1v) is 7.78. The monoisotopic (exact) mass is 284 g/mol. The summed E-state index contributed by atoms with van der Waals surface area (Å²) >= 11 is 5.25. The molecule has 1 amide bonds. The summed E-state index contributed by atoms with van der Waals surface area (Å²) < 4.78 is 5.44. The average molecular weight is 284 g/mol. The minimum absolute atomic E-state index is 0.0362. The van der Waals surface area contributed by atoms with Crippen LogP contribution in [-0.4, -0.2) is 29.1 Å². The smallest absolute Gasteiger partial charge is 0.249 e. The first-order valence-electron chi connectivity index (χ1n) is 7.38. The number of hydrogen-bond acceptors (Lipinski definition) is 3. The minimum Gasteiger partial charge on any atom is -0.391 e. The van der Waals surface area contributed by atoms with Crippen LogP contribution >= 0.6 is 12.2 Å². The molecule has 1 saturated heterocycles. The highest BCUT2D eigenvalue weighted by Gasteiger charge is 2.37. The van der Waals surface area contributed by atoms with Crippen molar-refractivity contribution in [2.45, 2.75) is 69.4 Å². The molecule has 1 aliphatic carbocycles. The van der Waals surface area contributed by atoms with Crippen molar-refractivity contribution in [1.29, 1.82) is 0 Å². The Kier molecular flexibility index (Phi) is 5.16. The van der Waals surface area contributed by atoms with Gasteiger partial charge in [-0.05, 0) is 25.7 Å². The molecule has 1 aliphatic heterocycles. The van der Waals surface area contributed by atoms with E-state index in [0.29, 0.717) is 11.6 Å². The summed E-state index contributed by atoms with van der Waals surface area (Å²) in [6, 6.07) is 0. The van der Waals surface area contributed by atoms with E-state index in [1.54, 1.807) is 0 Å². The number of amides is 1. The van der Waals surface area contributed by atoms with Crippen LogP contribution in [0.3, 0.4) is 0 Å². The maximum absolute atomic E-state index is 12.3. The number of nitrogens with two attached hydrogens (primary N) is 1. The van der Waals surface area contributed by atoms with Crippen LogP contribution in [0.1, 0.15) is 57.8 Å². The summed E-state index contributed by atoms with van der Waals surface area (Å²) in [5.41, 5.74) is 5.46. The molecular formula is C14H24N2O2S. The second-order valence-corrected chi connectivity index (χ2v) is 6.14. The van der Waals surface area contributed by atoms with Gasteiger partial charge in [-0.1, -0.05) is 44.3 Å². The molecule has 0 radical (unpaired) electrons. The molecule has 1 heterocycles. The number of carbonyl (C=O) groups is 1. The average Bonchev–Trinajstić information content (AvgIpc) is 2.86. The van der Waals surface area contributed by atoms with Gasteiger partial charge in [-0.2, -0.15) is 0 Å². The predicted octanol–water partition coefficient (Wildman–Crippen LogP) is 2.05. The fourth-order valence-corrected chi connectivity index (χ4v) is 3.30. The Labute approximate surface area is 120 Å². The molecule has 0 aromatic rings. The molecule has 2 fully saturated rings. The maximum atomic E-state index is 12.3. The van der Waals surface area contributed by atoms with Crippen LogP contribution in [0.2, 0.25) is 0 Å². The Morgan fingerprint density at radius 2 is 1.79 bits per heavy atom. The lowest BCUT2D eigenvalue weighted by Crippen LogP contribution is -2.58. The first-order chi connectivity index (χ1) is 9.14. The van der Waals surface area contributed by atoms with E-state index < -0.39 is 5.54 Å². The second kappa shape index (κ2) is 6.66. The Morgan fingerprint density at radius 1 is 1.16 bits per heavy atom. The molecule has 2 aliphatic rings. The van der Waals surface area contributed by atoms with Crippen molar-refractivity contribution in [2.24, 2.45) is 5.73 Å². The van der Waals surface area contributed by atoms with Gasteiger partial charge in [0.2, 0.25) is 5.91 Å². The van der Waals surface area contributed by atoms with Crippen LogP contribution in [0.4, 0.5) is 0 Å². The zero-order valence-electron chi connectivity index (χ0n) is 11.5. The predicted molar refractivity (Wildman–Crippen MR) is 79.0 cm³/mol. The van der Waals surface area contributed by atoms with E-state index in [-0.39, 0.29) is 12.0 Å². The van der Waals surface area contributed by atoms with Gasteiger partial charge in [0, 0.05) is 6.61 Å². The lowest BCUT2D eigenvalue weighted by Gasteiger charge is -2.36. The van der Waals surface area contributed by atoms with Gasteiger partial charge >= 0.3 is 0 Å². The molecule has 19 heavy (non-hydrogen) atoms. The number of carbonyl (C=O) groups excluding carboxylic acids is 1. The third-order valence-corrected chi connectivity index (χ3v) is 4.65. The zero-order chi connectivity index (χ0) is 13.7. The highest BCUT2D eigenvalue weighted by molar-refractivity contribution is 7.80. The van der Waals surface area contributed by atoms with Crippen LogP contribution in [0.15, 0.2) is 0 Å². The maximum Gasteiger partial charge on any atom is 0.249 e. The third-order valence-electron chi connectivity index (χ3n) is 4.26. The Hall–Kier alpha value is -0.680. The van der Waals surface area contributed by atoms with Gasteiger partial charge in [-0.25, -0.2) is 0 Å². The Balaban J connectivity index is 2.04. The summed E-state index contributed by atoms with van der Waals surface area (Å²) in [6.45, 7) is 0.679. The molecule has 5 heteroatoms. The third kappa shape index (κ3) is 3.66. The normalized spacial score (nSPS) is 27.3. The molecule has 108 valence electrons. The summed E-state index contributed by atoms with van der Waals surface area (Å²) in [5, 5.41) is 3.11. The quantitative estimate of drug-likeness (QED) is 0.779. The molecule has 1 unspecified atom stereocenters. The lowest BCUT2D eigenvalue weighted by molar-refractivity contribution is -0.131. The highest BCUT2D eigenvalue weighted by Crippen LogP contribution is 2.27. The van der Waals surface area contributed by atoms with E-state index in [1.807, 2.05) is 0 Å². The molecule has 0 bridgehead atoms. The Bertz CT molecular complexity index is 332. The SMILES string of the molecule is NC(=S)C1(NC(=O)C2CCCO2)CCCCCCC1. The molecule has 4 nitrogen and oxygen atoms in total. The van der Waals surface area contributed by atoms with Crippen LogP contribution < -0.4 is 11.1 Å². The molecule has 2 rings (SSSR count). The van der Waals surface area contributed by atoms with Gasteiger partial charge in [0.25, 0.3) is 0 Å². The molecule has 0 aromatic carbocycles. The fourth-order valence-electron chi connectivity index (χ4n) is 3.04. The molecule has 1 saturated carbocycles. The van der Waals surface area contributed by atoms with E-state index in [0.717, 1.165) is 38.5 Å². The highest BCUT2D eigenvalue weighted by atomic mass is 32.1. The number of rotatable bonds is 3. The van der Waals surface area contributed by atoms with Crippen molar-refractivity contribution in [1.82, 2.24) is 5.32 Å². The first kappa shape index (κ1) is 14.7. The molecule has 3 N–H and O–H groups in total. The van der Waals surface area contributed by atoms with E-state index in [1.165, 1.54) is 19.3 Å². The molecular weight excluding hydrogens is 260 g/mol. The molecule has 0 spiro atoms. The number of hydrogen-bond donors (Lipinski definition) is 2. The topological polar surface area (TPSA) is 64.3 Å². The summed E-state index contributed by atoms with van der Waals surface area (Å²) in [4.78, 5) is 12.7. The van der Waals surface area contributed by atoms with Gasteiger partial charge in [0.15, 0.2) is 0 Å². The van der Waals surface area contributed by atoms with Crippen LogP contribution in [-0.2, 0) is 9.53 Å². The van der Waals surface area contributed by atoms with Crippen molar-refractivity contribution < 1.29 is 9.53 Å². The van der Waals surface area contributed by atoms with Crippen LogP contribution in [0.5, 0.6) is 0 Å². The fraction of sp³-hybridized carbons (Fsp3) is 0.857.